The van der Waals surface area contributed by atoms with E-state index >= 15 is 0 Å². The fourth-order valence-electron chi connectivity index (χ4n) is 2.44. The Hall–Kier alpha value is -2.11. The van der Waals surface area contributed by atoms with Gasteiger partial charge < -0.3 is 4.90 Å². The monoisotopic (exact) mass is 422 g/mol. The van der Waals surface area contributed by atoms with Crippen molar-refractivity contribution in [2.24, 2.45) is 5.14 Å². The molecule has 0 spiro atoms. The topological polar surface area (TPSA) is 97.5 Å². The molecule has 2 aromatic carbocycles. The summed E-state index contributed by atoms with van der Waals surface area (Å²) in [5.74, 6) is 0. The van der Waals surface area contributed by atoms with Crippen molar-refractivity contribution in [3.8, 4) is 0 Å². The molecule has 2 N–H and O–H groups in total. The SMILES string of the molecule is CN(Cc1ccc(C(F)(F)F)cc1)c1ccc(S(N)(=O)=O)cc1S(C)(=O)=O. The van der Waals surface area contributed by atoms with Gasteiger partial charge in [0.1, 0.15) is 0 Å². The van der Waals surface area contributed by atoms with E-state index in [4.69, 9.17) is 5.14 Å². The molecule has 0 aliphatic rings. The summed E-state index contributed by atoms with van der Waals surface area (Å²) in [7, 11) is -6.35. The molecule has 0 radical (unpaired) electrons. The highest BCUT2D eigenvalue weighted by Gasteiger charge is 2.30. The van der Waals surface area contributed by atoms with E-state index in [1.807, 2.05) is 0 Å². The van der Waals surface area contributed by atoms with Crippen molar-refractivity contribution in [3.05, 3.63) is 53.6 Å². The maximum absolute atomic E-state index is 12.6. The van der Waals surface area contributed by atoms with Gasteiger partial charge in [-0.05, 0) is 35.9 Å². The molecule has 2 aromatic rings. The maximum atomic E-state index is 12.6. The Balaban J connectivity index is 2.40. The molecule has 0 saturated carbocycles. The Morgan fingerprint density at radius 2 is 1.56 bits per heavy atom. The van der Waals surface area contributed by atoms with Crippen LogP contribution in [0.4, 0.5) is 18.9 Å². The molecule has 148 valence electrons. The number of hydrogen-bond donors (Lipinski definition) is 1. The van der Waals surface area contributed by atoms with Crippen LogP contribution in [0, 0.1) is 0 Å². The van der Waals surface area contributed by atoms with Gasteiger partial charge >= 0.3 is 6.18 Å². The number of benzene rings is 2. The minimum Gasteiger partial charge on any atom is -0.369 e. The molecule has 0 aromatic heterocycles. The molecule has 0 heterocycles. The van der Waals surface area contributed by atoms with Crippen LogP contribution in [0.2, 0.25) is 0 Å². The summed E-state index contributed by atoms with van der Waals surface area (Å²) in [6, 6.07) is 7.87. The first-order valence-corrected chi connectivity index (χ1v) is 10.9. The van der Waals surface area contributed by atoms with Crippen LogP contribution in [0.15, 0.2) is 52.3 Å². The van der Waals surface area contributed by atoms with Crippen LogP contribution < -0.4 is 10.0 Å². The molecule has 6 nitrogen and oxygen atoms in total. The lowest BCUT2D eigenvalue weighted by Crippen LogP contribution is -2.20. The van der Waals surface area contributed by atoms with Crippen molar-refractivity contribution in [2.45, 2.75) is 22.5 Å². The van der Waals surface area contributed by atoms with Gasteiger partial charge in [0, 0.05) is 19.8 Å². The fourth-order valence-corrected chi connectivity index (χ4v) is 4.00. The number of anilines is 1. The zero-order valence-corrected chi connectivity index (χ0v) is 16.0. The minimum atomic E-state index is -4.45. The Morgan fingerprint density at radius 1 is 1.00 bits per heavy atom. The molecule has 2 rings (SSSR count). The van der Waals surface area contributed by atoms with Gasteiger partial charge in [0.2, 0.25) is 10.0 Å². The highest BCUT2D eigenvalue weighted by molar-refractivity contribution is 7.91. The Kier molecular flexibility index (Phi) is 5.60. The number of hydrogen-bond acceptors (Lipinski definition) is 5. The molecule has 0 unspecified atom stereocenters. The lowest BCUT2D eigenvalue weighted by atomic mass is 10.1. The number of sulfonamides is 1. The first kappa shape index (κ1) is 21.2. The summed E-state index contributed by atoms with van der Waals surface area (Å²) >= 11 is 0. The summed E-state index contributed by atoms with van der Waals surface area (Å²) in [5, 5.41) is 5.04. The molecule has 0 amide bonds. The molecule has 0 fully saturated rings. The van der Waals surface area contributed by atoms with E-state index in [0.717, 1.165) is 24.5 Å². The Morgan fingerprint density at radius 3 is 2.00 bits per heavy atom. The third-order valence-corrected chi connectivity index (χ3v) is 5.81. The van der Waals surface area contributed by atoms with Crippen molar-refractivity contribution in [3.63, 3.8) is 0 Å². The largest absolute Gasteiger partial charge is 0.416 e. The van der Waals surface area contributed by atoms with Gasteiger partial charge in [0.15, 0.2) is 9.84 Å². The molecule has 0 bridgehead atoms. The predicted octanol–water partition coefficient (Wildman–Crippen LogP) is 2.39. The van der Waals surface area contributed by atoms with Crippen molar-refractivity contribution < 1.29 is 30.0 Å². The van der Waals surface area contributed by atoms with Crippen LogP contribution >= 0.6 is 0 Å². The molecular weight excluding hydrogens is 405 g/mol. The third-order valence-electron chi connectivity index (χ3n) is 3.77. The first-order chi connectivity index (χ1) is 12.2. The Bertz CT molecular complexity index is 1050. The second-order valence-electron chi connectivity index (χ2n) is 6.00. The second kappa shape index (κ2) is 7.13. The van der Waals surface area contributed by atoms with Crippen molar-refractivity contribution >= 4 is 25.5 Å². The van der Waals surface area contributed by atoms with Gasteiger partial charge in [-0.2, -0.15) is 13.2 Å². The second-order valence-corrected chi connectivity index (χ2v) is 9.54. The first-order valence-electron chi connectivity index (χ1n) is 7.44. The fraction of sp³-hybridized carbons (Fsp3) is 0.250. The maximum Gasteiger partial charge on any atom is 0.416 e. The number of rotatable bonds is 5. The van der Waals surface area contributed by atoms with Gasteiger partial charge in [-0.1, -0.05) is 12.1 Å². The van der Waals surface area contributed by atoms with E-state index in [2.05, 4.69) is 0 Å². The highest BCUT2D eigenvalue weighted by atomic mass is 32.2. The predicted molar refractivity (Wildman–Crippen MR) is 94.5 cm³/mol. The quantitative estimate of drug-likeness (QED) is 0.798. The number of alkyl halides is 3. The van der Waals surface area contributed by atoms with E-state index in [9.17, 15) is 30.0 Å². The molecule has 11 heteroatoms. The lowest BCUT2D eigenvalue weighted by molar-refractivity contribution is -0.137. The van der Waals surface area contributed by atoms with Crippen LogP contribution in [0.25, 0.3) is 0 Å². The van der Waals surface area contributed by atoms with E-state index in [1.165, 1.54) is 36.2 Å². The standard InChI is InChI=1S/C16H17F3N2O4S2/c1-21(10-11-3-5-12(6-4-11)16(17,18)19)14-8-7-13(27(20,24)25)9-15(14)26(2,22)23/h3-9H,10H2,1-2H3,(H2,20,24,25). The van der Waals surface area contributed by atoms with Crippen LogP contribution in [0.1, 0.15) is 11.1 Å². The van der Waals surface area contributed by atoms with Gasteiger partial charge in [-0.3, -0.25) is 0 Å². The van der Waals surface area contributed by atoms with Gasteiger partial charge in [0.25, 0.3) is 0 Å². The van der Waals surface area contributed by atoms with Gasteiger partial charge in [-0.25, -0.2) is 22.0 Å². The summed E-state index contributed by atoms with van der Waals surface area (Å²) < 4.78 is 85.0. The zero-order valence-electron chi connectivity index (χ0n) is 14.4. The lowest BCUT2D eigenvalue weighted by Gasteiger charge is -2.22. The number of nitrogens with two attached hydrogens (primary N) is 1. The van der Waals surface area contributed by atoms with Crippen molar-refractivity contribution in [1.29, 1.82) is 0 Å². The summed E-state index contributed by atoms with van der Waals surface area (Å²) in [6.07, 6.45) is -3.53. The normalized spacial score (nSPS) is 12.8. The number of sulfone groups is 1. The number of halogens is 3. The van der Waals surface area contributed by atoms with Crippen LogP contribution in [0.5, 0.6) is 0 Å². The molecule has 0 saturated heterocycles. The summed E-state index contributed by atoms with van der Waals surface area (Å²) in [6.45, 7) is 0.107. The van der Waals surface area contributed by atoms with Crippen molar-refractivity contribution in [1.82, 2.24) is 0 Å². The summed E-state index contributed by atoms with van der Waals surface area (Å²) in [5.41, 5.74) is -0.0755. The van der Waals surface area contributed by atoms with Crippen molar-refractivity contribution in [2.75, 3.05) is 18.2 Å². The van der Waals surface area contributed by atoms with E-state index in [0.29, 0.717) is 5.56 Å². The number of nitrogens with zero attached hydrogens (tertiary/aromatic N) is 1. The molecule has 27 heavy (non-hydrogen) atoms. The molecule has 0 aliphatic carbocycles. The number of primary sulfonamides is 1. The molecule has 0 aliphatic heterocycles. The van der Waals surface area contributed by atoms with E-state index < -0.39 is 31.6 Å². The minimum absolute atomic E-state index is 0.107. The van der Waals surface area contributed by atoms with Crippen LogP contribution in [-0.2, 0) is 32.6 Å². The van der Waals surface area contributed by atoms with Gasteiger partial charge in [0.05, 0.1) is 21.0 Å². The van der Waals surface area contributed by atoms with Crippen LogP contribution in [0.3, 0.4) is 0 Å². The molecular formula is C16H17F3N2O4S2. The highest BCUT2D eigenvalue weighted by Crippen LogP contribution is 2.31. The Labute approximate surface area is 155 Å². The zero-order chi connectivity index (χ0) is 20.6. The van der Waals surface area contributed by atoms with Crippen LogP contribution in [-0.4, -0.2) is 30.1 Å². The third kappa shape index (κ3) is 5.21. The average Bonchev–Trinajstić information content (AvgIpc) is 2.52. The molecule has 0 atom stereocenters. The summed E-state index contributed by atoms with van der Waals surface area (Å²) in [4.78, 5) is 0.893. The smallest absolute Gasteiger partial charge is 0.369 e. The van der Waals surface area contributed by atoms with E-state index in [-0.39, 0.29) is 22.0 Å². The van der Waals surface area contributed by atoms with E-state index in [1.54, 1.807) is 0 Å². The average molecular weight is 422 g/mol. The van der Waals surface area contributed by atoms with Gasteiger partial charge in [-0.15, -0.1) is 0 Å².